The fraction of sp³-hybridized carbons (Fsp3) is 0.225. The molecule has 6 aromatic rings. The van der Waals surface area contributed by atoms with Crippen molar-refractivity contribution in [3.8, 4) is 17.3 Å². The fourth-order valence-corrected chi connectivity index (χ4v) is 6.36. The molecule has 0 unspecified atom stereocenters. The number of benzene rings is 4. The first-order valence-electron chi connectivity index (χ1n) is 15.7. The van der Waals surface area contributed by atoms with Crippen LogP contribution in [0.5, 0.6) is 11.5 Å². The van der Waals surface area contributed by atoms with Crippen LogP contribution in [0.3, 0.4) is 0 Å². The zero-order chi connectivity index (χ0) is 31.5. The van der Waals surface area contributed by atoms with Gasteiger partial charge in [-0.2, -0.15) is 0 Å². The van der Waals surface area contributed by atoms with Crippen molar-refractivity contribution in [1.29, 1.82) is 0 Å². The quantitative estimate of drug-likeness (QED) is 0.199. The molecule has 0 bridgehead atoms. The van der Waals surface area contributed by atoms with Gasteiger partial charge in [0, 0.05) is 52.9 Å². The van der Waals surface area contributed by atoms with Crippen LogP contribution in [0.25, 0.3) is 27.6 Å². The lowest BCUT2D eigenvalue weighted by Crippen LogP contribution is -2.25. The van der Waals surface area contributed by atoms with Gasteiger partial charge in [0.15, 0.2) is 0 Å². The van der Waals surface area contributed by atoms with Crippen molar-refractivity contribution in [3.63, 3.8) is 0 Å². The standard InChI is InChI=1S/C40H40N4O/c1-26-21-37(29(4)28(3)27(26)2)43-20-19-42(25-43)31-11-10-12-32(23-31)45-33-15-16-35-34-13-8-9-14-36(34)44(38(35)24-33)39-22-30(17-18-41-39)40(5,6)7/h8-24H,25H2,1-7H3. The topological polar surface area (TPSA) is 33.5 Å². The van der Waals surface area contributed by atoms with Crippen molar-refractivity contribution >= 4 is 33.2 Å². The summed E-state index contributed by atoms with van der Waals surface area (Å²) in [6.07, 6.45) is 6.23. The highest BCUT2D eigenvalue weighted by Gasteiger charge is 2.21. The average molecular weight is 593 g/mol. The van der Waals surface area contributed by atoms with Gasteiger partial charge in [-0.3, -0.25) is 4.57 Å². The number of pyridine rings is 1. The van der Waals surface area contributed by atoms with E-state index >= 15 is 0 Å². The van der Waals surface area contributed by atoms with Crippen LogP contribution in [-0.4, -0.2) is 16.2 Å². The molecule has 0 spiro atoms. The van der Waals surface area contributed by atoms with Gasteiger partial charge in [0.1, 0.15) is 17.3 Å². The monoisotopic (exact) mass is 592 g/mol. The maximum Gasteiger partial charge on any atom is 0.137 e. The Morgan fingerprint density at radius 3 is 2.24 bits per heavy atom. The second kappa shape index (κ2) is 10.8. The molecule has 0 atom stereocenters. The van der Waals surface area contributed by atoms with Gasteiger partial charge in [0.2, 0.25) is 0 Å². The Balaban J connectivity index is 1.20. The van der Waals surface area contributed by atoms with Crippen LogP contribution in [-0.2, 0) is 5.41 Å². The third kappa shape index (κ3) is 5.12. The SMILES string of the molecule is Cc1cc(N2C=CN(c3cccc(Oc4ccc5c6ccccc6n(-c6cc(C(C)(C)C)ccn6)c5c4)c3)C2)c(C)c(C)c1C. The molecule has 45 heavy (non-hydrogen) atoms. The van der Waals surface area contributed by atoms with Crippen molar-refractivity contribution in [2.45, 2.75) is 53.9 Å². The molecule has 7 rings (SSSR count). The highest BCUT2D eigenvalue weighted by atomic mass is 16.5. The lowest BCUT2D eigenvalue weighted by Gasteiger charge is -2.25. The summed E-state index contributed by atoms with van der Waals surface area (Å²) in [5, 5.41) is 2.37. The number of aromatic nitrogens is 2. The summed E-state index contributed by atoms with van der Waals surface area (Å²) < 4.78 is 8.78. The van der Waals surface area contributed by atoms with Crippen LogP contribution in [0, 0.1) is 27.7 Å². The van der Waals surface area contributed by atoms with Crippen molar-refractivity contribution in [1.82, 2.24) is 9.55 Å². The van der Waals surface area contributed by atoms with Crippen molar-refractivity contribution in [2.75, 3.05) is 16.5 Å². The summed E-state index contributed by atoms with van der Waals surface area (Å²) in [6.45, 7) is 16.3. The molecular formula is C40H40N4O. The highest BCUT2D eigenvalue weighted by molar-refractivity contribution is 6.09. The van der Waals surface area contributed by atoms with E-state index in [4.69, 9.17) is 9.72 Å². The third-order valence-corrected chi connectivity index (χ3v) is 9.37. The van der Waals surface area contributed by atoms with Gasteiger partial charge in [-0.15, -0.1) is 0 Å². The summed E-state index contributed by atoms with van der Waals surface area (Å²) in [5.74, 6) is 2.50. The van der Waals surface area contributed by atoms with Gasteiger partial charge in [-0.1, -0.05) is 45.0 Å². The summed E-state index contributed by atoms with van der Waals surface area (Å²) in [4.78, 5) is 9.39. The third-order valence-electron chi connectivity index (χ3n) is 9.37. The second-order valence-corrected chi connectivity index (χ2v) is 13.3. The van der Waals surface area contributed by atoms with Crippen molar-refractivity contribution in [3.05, 3.63) is 131 Å². The first-order chi connectivity index (χ1) is 21.6. The van der Waals surface area contributed by atoms with Crippen LogP contribution < -0.4 is 14.5 Å². The summed E-state index contributed by atoms with van der Waals surface area (Å²) >= 11 is 0. The maximum atomic E-state index is 6.53. The minimum Gasteiger partial charge on any atom is -0.457 e. The average Bonchev–Trinajstić information content (AvgIpc) is 3.65. The number of hydrogen-bond acceptors (Lipinski definition) is 4. The number of rotatable bonds is 5. The zero-order valence-corrected chi connectivity index (χ0v) is 27.2. The van der Waals surface area contributed by atoms with E-state index in [2.05, 4.69) is 154 Å². The van der Waals surface area contributed by atoms with Crippen LogP contribution in [0.1, 0.15) is 48.6 Å². The van der Waals surface area contributed by atoms with E-state index in [0.717, 1.165) is 40.7 Å². The number of anilines is 2. The number of fused-ring (bicyclic) bond motifs is 3. The second-order valence-electron chi connectivity index (χ2n) is 13.3. The maximum absolute atomic E-state index is 6.53. The molecule has 0 saturated heterocycles. The van der Waals surface area contributed by atoms with Gasteiger partial charge in [0.05, 0.1) is 17.7 Å². The first-order valence-corrected chi connectivity index (χ1v) is 15.7. The molecule has 5 nitrogen and oxygen atoms in total. The number of hydrogen-bond donors (Lipinski definition) is 0. The van der Waals surface area contributed by atoms with E-state index in [1.165, 1.54) is 44.3 Å². The molecule has 1 aliphatic heterocycles. The molecule has 4 aromatic carbocycles. The molecule has 0 aliphatic carbocycles. The smallest absolute Gasteiger partial charge is 0.137 e. The number of nitrogens with zero attached hydrogens (tertiary/aromatic N) is 4. The predicted molar refractivity (Wildman–Crippen MR) is 188 cm³/mol. The Morgan fingerprint density at radius 2 is 1.42 bits per heavy atom. The molecule has 5 heteroatoms. The van der Waals surface area contributed by atoms with Gasteiger partial charge in [0.25, 0.3) is 0 Å². The van der Waals surface area contributed by atoms with Crippen molar-refractivity contribution < 1.29 is 4.74 Å². The molecule has 0 amide bonds. The number of ether oxygens (including phenoxy) is 1. The van der Waals surface area contributed by atoms with Gasteiger partial charge in [-0.25, -0.2) is 4.98 Å². The van der Waals surface area contributed by atoms with Gasteiger partial charge < -0.3 is 14.5 Å². The summed E-state index contributed by atoms with van der Waals surface area (Å²) in [5.41, 5.74) is 11.2. The van der Waals surface area contributed by atoms with E-state index in [1.807, 2.05) is 12.3 Å². The normalized spacial score (nSPS) is 13.4. The Morgan fingerprint density at radius 1 is 0.667 bits per heavy atom. The molecule has 3 heterocycles. The van der Waals surface area contributed by atoms with E-state index in [9.17, 15) is 0 Å². The lowest BCUT2D eigenvalue weighted by molar-refractivity contribution is 0.483. The molecule has 0 N–H and O–H groups in total. The molecule has 1 aliphatic rings. The summed E-state index contributed by atoms with van der Waals surface area (Å²) in [7, 11) is 0. The van der Waals surface area contributed by atoms with Crippen LogP contribution in [0.15, 0.2) is 104 Å². The minimum absolute atomic E-state index is 0.0220. The van der Waals surface area contributed by atoms with Crippen molar-refractivity contribution in [2.24, 2.45) is 0 Å². The molecule has 0 radical (unpaired) electrons. The summed E-state index contributed by atoms with van der Waals surface area (Å²) in [6, 6.07) is 29.8. The van der Waals surface area contributed by atoms with E-state index < -0.39 is 0 Å². The van der Waals surface area contributed by atoms with Crippen LogP contribution in [0.2, 0.25) is 0 Å². The molecule has 0 saturated carbocycles. The number of para-hydroxylation sites is 1. The minimum atomic E-state index is 0.0220. The Bertz CT molecular complexity index is 2110. The van der Waals surface area contributed by atoms with Crippen LogP contribution >= 0.6 is 0 Å². The lowest BCUT2D eigenvalue weighted by atomic mass is 9.88. The van der Waals surface area contributed by atoms with Gasteiger partial charge >= 0.3 is 0 Å². The fourth-order valence-electron chi connectivity index (χ4n) is 6.36. The van der Waals surface area contributed by atoms with Crippen LogP contribution in [0.4, 0.5) is 11.4 Å². The Hall–Kier alpha value is -5.03. The number of aryl methyl sites for hydroxylation is 1. The van der Waals surface area contributed by atoms with E-state index in [0.29, 0.717) is 0 Å². The Kier molecular flexibility index (Phi) is 6.92. The largest absolute Gasteiger partial charge is 0.457 e. The molecule has 0 fully saturated rings. The molecule has 2 aromatic heterocycles. The van der Waals surface area contributed by atoms with Gasteiger partial charge in [-0.05, 0) is 109 Å². The highest BCUT2D eigenvalue weighted by Crippen LogP contribution is 2.37. The molecule has 226 valence electrons. The Labute approximate surface area is 266 Å². The first kappa shape index (κ1) is 28.7. The zero-order valence-electron chi connectivity index (χ0n) is 27.2. The predicted octanol–water partition coefficient (Wildman–Crippen LogP) is 10.3. The molecular weight excluding hydrogens is 552 g/mol. The van der Waals surface area contributed by atoms with E-state index in [1.54, 1.807) is 0 Å². The van der Waals surface area contributed by atoms with E-state index in [-0.39, 0.29) is 5.41 Å².